The standard InChI is InChI=1S/C17H15FO/c18-15-8-6-13(7-9-15)12-16(19)17(10-11-17)14-4-2-1-3-5-14/h1-9H,10-12H2. The van der Waals surface area contributed by atoms with Crippen LogP contribution in [0.2, 0.25) is 0 Å². The molecule has 2 heteroatoms. The lowest BCUT2D eigenvalue weighted by molar-refractivity contribution is -0.120. The number of rotatable bonds is 4. The van der Waals surface area contributed by atoms with Crippen LogP contribution in [-0.2, 0) is 16.6 Å². The van der Waals surface area contributed by atoms with Gasteiger partial charge in [0.2, 0.25) is 0 Å². The second kappa shape index (κ2) is 4.61. The quantitative estimate of drug-likeness (QED) is 0.813. The lowest BCUT2D eigenvalue weighted by atomic mass is 9.88. The first-order valence-corrected chi connectivity index (χ1v) is 6.54. The van der Waals surface area contributed by atoms with Gasteiger partial charge in [0.25, 0.3) is 0 Å². The first-order valence-electron chi connectivity index (χ1n) is 6.54. The molecule has 0 radical (unpaired) electrons. The van der Waals surface area contributed by atoms with Gasteiger partial charge in [0, 0.05) is 6.42 Å². The number of carbonyl (C=O) groups excluding carboxylic acids is 1. The highest BCUT2D eigenvalue weighted by molar-refractivity contribution is 5.94. The Hall–Kier alpha value is -1.96. The highest BCUT2D eigenvalue weighted by Gasteiger charge is 2.50. The summed E-state index contributed by atoms with van der Waals surface area (Å²) in [5, 5.41) is 0. The van der Waals surface area contributed by atoms with E-state index in [-0.39, 0.29) is 17.0 Å². The molecule has 96 valence electrons. The monoisotopic (exact) mass is 254 g/mol. The van der Waals surface area contributed by atoms with Crippen molar-refractivity contribution in [1.82, 2.24) is 0 Å². The Morgan fingerprint density at radius 1 is 1.00 bits per heavy atom. The Labute approximate surface area is 112 Å². The molecule has 0 saturated heterocycles. The van der Waals surface area contributed by atoms with Crippen LogP contribution in [0.3, 0.4) is 0 Å². The maximum Gasteiger partial charge on any atom is 0.147 e. The molecule has 3 rings (SSSR count). The molecule has 19 heavy (non-hydrogen) atoms. The smallest absolute Gasteiger partial charge is 0.147 e. The number of hydrogen-bond donors (Lipinski definition) is 0. The van der Waals surface area contributed by atoms with E-state index in [1.54, 1.807) is 12.1 Å². The van der Waals surface area contributed by atoms with Crippen LogP contribution in [0.15, 0.2) is 54.6 Å². The summed E-state index contributed by atoms with van der Waals surface area (Å²) in [4.78, 5) is 12.5. The van der Waals surface area contributed by atoms with E-state index in [1.807, 2.05) is 30.3 Å². The molecule has 0 spiro atoms. The minimum absolute atomic E-state index is 0.241. The van der Waals surface area contributed by atoms with Crippen molar-refractivity contribution >= 4 is 5.78 Å². The van der Waals surface area contributed by atoms with E-state index in [0.29, 0.717) is 6.42 Å². The average Bonchev–Trinajstić information content (AvgIpc) is 3.24. The van der Waals surface area contributed by atoms with Gasteiger partial charge in [-0.3, -0.25) is 4.79 Å². The molecule has 2 aromatic carbocycles. The Balaban J connectivity index is 1.79. The van der Waals surface area contributed by atoms with E-state index < -0.39 is 0 Å². The molecule has 0 aromatic heterocycles. The zero-order valence-corrected chi connectivity index (χ0v) is 10.6. The lowest BCUT2D eigenvalue weighted by Gasteiger charge is -2.14. The number of hydrogen-bond acceptors (Lipinski definition) is 1. The molecular formula is C17H15FO. The molecule has 0 bridgehead atoms. The van der Waals surface area contributed by atoms with Gasteiger partial charge in [-0.05, 0) is 36.1 Å². The largest absolute Gasteiger partial charge is 0.298 e. The fourth-order valence-corrected chi connectivity index (χ4v) is 2.57. The minimum Gasteiger partial charge on any atom is -0.298 e. The fourth-order valence-electron chi connectivity index (χ4n) is 2.57. The Kier molecular flexibility index (Phi) is 2.94. The third-order valence-corrected chi connectivity index (χ3v) is 3.89. The highest BCUT2D eigenvalue weighted by atomic mass is 19.1. The third kappa shape index (κ3) is 2.30. The van der Waals surface area contributed by atoms with Crippen molar-refractivity contribution in [3.63, 3.8) is 0 Å². The van der Waals surface area contributed by atoms with E-state index in [1.165, 1.54) is 12.1 Å². The van der Waals surface area contributed by atoms with Gasteiger partial charge in [0.1, 0.15) is 11.6 Å². The van der Waals surface area contributed by atoms with Crippen molar-refractivity contribution in [1.29, 1.82) is 0 Å². The van der Waals surface area contributed by atoms with Gasteiger partial charge in [-0.1, -0.05) is 42.5 Å². The first-order chi connectivity index (χ1) is 9.21. The molecule has 1 saturated carbocycles. The van der Waals surface area contributed by atoms with Crippen molar-refractivity contribution in [2.24, 2.45) is 0 Å². The Morgan fingerprint density at radius 2 is 1.63 bits per heavy atom. The molecule has 1 aliphatic carbocycles. The topological polar surface area (TPSA) is 17.1 Å². The van der Waals surface area contributed by atoms with E-state index in [9.17, 15) is 9.18 Å². The zero-order chi connectivity index (χ0) is 13.3. The summed E-state index contributed by atoms with van der Waals surface area (Å²) in [6.07, 6.45) is 2.24. The molecule has 0 aliphatic heterocycles. The van der Waals surface area contributed by atoms with Crippen LogP contribution < -0.4 is 0 Å². The molecule has 1 aliphatic rings. The summed E-state index contributed by atoms with van der Waals surface area (Å²) in [7, 11) is 0. The van der Waals surface area contributed by atoms with Gasteiger partial charge in [-0.25, -0.2) is 4.39 Å². The van der Waals surface area contributed by atoms with Crippen LogP contribution in [-0.4, -0.2) is 5.78 Å². The molecule has 1 fully saturated rings. The van der Waals surface area contributed by atoms with Crippen LogP contribution >= 0.6 is 0 Å². The van der Waals surface area contributed by atoms with Gasteiger partial charge >= 0.3 is 0 Å². The van der Waals surface area contributed by atoms with Crippen LogP contribution in [0, 0.1) is 5.82 Å². The van der Waals surface area contributed by atoms with Crippen LogP contribution in [0.25, 0.3) is 0 Å². The number of carbonyl (C=O) groups is 1. The molecule has 2 aromatic rings. The zero-order valence-electron chi connectivity index (χ0n) is 10.6. The first kappa shape index (κ1) is 12.1. The SMILES string of the molecule is O=C(Cc1ccc(F)cc1)C1(c2ccccc2)CC1. The molecule has 0 heterocycles. The minimum atomic E-state index is -0.282. The third-order valence-electron chi connectivity index (χ3n) is 3.89. The highest BCUT2D eigenvalue weighted by Crippen LogP contribution is 2.49. The second-order valence-electron chi connectivity index (χ2n) is 5.17. The maximum atomic E-state index is 12.9. The van der Waals surface area contributed by atoms with Crippen LogP contribution in [0.1, 0.15) is 24.0 Å². The summed E-state index contributed by atoms with van der Waals surface area (Å²) < 4.78 is 12.9. The number of ketones is 1. The number of benzene rings is 2. The lowest BCUT2D eigenvalue weighted by Crippen LogP contribution is -2.22. The Morgan fingerprint density at radius 3 is 2.21 bits per heavy atom. The van der Waals surface area contributed by atoms with Crippen molar-refractivity contribution in [2.45, 2.75) is 24.7 Å². The summed E-state index contributed by atoms with van der Waals surface area (Å²) in [6.45, 7) is 0. The molecule has 0 atom stereocenters. The van der Waals surface area contributed by atoms with Crippen molar-refractivity contribution < 1.29 is 9.18 Å². The predicted molar refractivity (Wildman–Crippen MR) is 72.5 cm³/mol. The van der Waals surface area contributed by atoms with Gasteiger partial charge in [0.05, 0.1) is 5.41 Å². The molecule has 0 unspecified atom stereocenters. The van der Waals surface area contributed by atoms with Gasteiger partial charge in [-0.15, -0.1) is 0 Å². The van der Waals surface area contributed by atoms with Gasteiger partial charge in [0.15, 0.2) is 0 Å². The molecule has 1 nitrogen and oxygen atoms in total. The van der Waals surface area contributed by atoms with Crippen molar-refractivity contribution in [3.05, 3.63) is 71.5 Å². The van der Waals surface area contributed by atoms with Gasteiger partial charge < -0.3 is 0 Å². The summed E-state index contributed by atoms with van der Waals surface area (Å²) >= 11 is 0. The fraction of sp³-hybridized carbons (Fsp3) is 0.235. The van der Waals surface area contributed by atoms with E-state index in [4.69, 9.17) is 0 Å². The summed E-state index contributed by atoms with van der Waals surface area (Å²) in [5.74, 6) is -0.0225. The molecule has 0 amide bonds. The average molecular weight is 254 g/mol. The molecule has 0 N–H and O–H groups in total. The summed E-state index contributed by atoms with van der Waals surface area (Å²) in [6, 6.07) is 16.1. The normalized spacial score (nSPS) is 16.1. The van der Waals surface area contributed by atoms with E-state index in [2.05, 4.69) is 0 Å². The van der Waals surface area contributed by atoms with Crippen molar-refractivity contribution in [2.75, 3.05) is 0 Å². The van der Waals surface area contributed by atoms with Gasteiger partial charge in [-0.2, -0.15) is 0 Å². The number of Topliss-reactive ketones (excluding diaryl/α,β-unsaturated/α-hetero) is 1. The van der Waals surface area contributed by atoms with Crippen LogP contribution in [0.5, 0.6) is 0 Å². The molecular weight excluding hydrogens is 239 g/mol. The summed E-state index contributed by atoms with van der Waals surface area (Å²) in [5.41, 5.74) is 1.71. The Bertz CT molecular complexity index is 582. The predicted octanol–water partition coefficient (Wildman–Crippen LogP) is 3.67. The second-order valence-corrected chi connectivity index (χ2v) is 5.17. The maximum absolute atomic E-state index is 12.9. The van der Waals surface area contributed by atoms with E-state index in [0.717, 1.165) is 24.0 Å². The number of halogens is 1. The van der Waals surface area contributed by atoms with Crippen LogP contribution in [0.4, 0.5) is 4.39 Å². The van der Waals surface area contributed by atoms with E-state index >= 15 is 0 Å². The van der Waals surface area contributed by atoms with Crippen molar-refractivity contribution in [3.8, 4) is 0 Å².